The minimum atomic E-state index is -1.23. The Kier molecular flexibility index (Phi) is 5.73. The van der Waals surface area contributed by atoms with Crippen LogP contribution in [0, 0.1) is 0 Å². The van der Waals surface area contributed by atoms with E-state index in [1.54, 1.807) is 6.92 Å². The molecule has 0 fully saturated rings. The molecule has 0 aromatic heterocycles. The SMILES string of the molecule is CCO.O=C(O)c1ccccc1C(=O)O. The monoisotopic (exact) mass is 212 g/mol. The molecule has 0 atom stereocenters. The smallest absolute Gasteiger partial charge is 0.336 e. The van der Waals surface area contributed by atoms with Gasteiger partial charge in [-0.1, -0.05) is 12.1 Å². The van der Waals surface area contributed by atoms with Crippen LogP contribution in [0.1, 0.15) is 27.6 Å². The van der Waals surface area contributed by atoms with E-state index in [4.69, 9.17) is 15.3 Å². The van der Waals surface area contributed by atoms with Gasteiger partial charge in [0.05, 0.1) is 11.1 Å². The zero-order chi connectivity index (χ0) is 11.8. The van der Waals surface area contributed by atoms with Gasteiger partial charge in [-0.15, -0.1) is 0 Å². The number of aromatic carboxylic acids is 2. The third kappa shape index (κ3) is 4.24. The second kappa shape index (κ2) is 6.56. The van der Waals surface area contributed by atoms with Crippen molar-refractivity contribution in [2.45, 2.75) is 6.92 Å². The lowest BCUT2D eigenvalue weighted by molar-refractivity contribution is 0.0651. The Morgan fingerprint density at radius 2 is 1.33 bits per heavy atom. The summed E-state index contributed by atoms with van der Waals surface area (Å²) in [4.78, 5) is 20.9. The maximum atomic E-state index is 10.5. The topological polar surface area (TPSA) is 94.8 Å². The molecule has 0 heterocycles. The van der Waals surface area contributed by atoms with Crippen LogP contribution in [-0.2, 0) is 0 Å². The van der Waals surface area contributed by atoms with Crippen LogP contribution in [0.4, 0.5) is 0 Å². The van der Waals surface area contributed by atoms with Crippen LogP contribution in [0.15, 0.2) is 24.3 Å². The average Bonchev–Trinajstić information content (AvgIpc) is 2.19. The summed E-state index contributed by atoms with van der Waals surface area (Å²) in [5.41, 5.74) is -0.380. The number of benzene rings is 1. The Morgan fingerprint density at radius 3 is 1.53 bits per heavy atom. The summed E-state index contributed by atoms with van der Waals surface area (Å²) >= 11 is 0. The van der Waals surface area contributed by atoms with Crippen molar-refractivity contribution in [2.24, 2.45) is 0 Å². The first-order valence-corrected chi connectivity index (χ1v) is 4.21. The average molecular weight is 212 g/mol. The molecule has 0 saturated carbocycles. The third-order valence-electron chi connectivity index (χ3n) is 1.39. The predicted molar refractivity (Wildman–Crippen MR) is 53.1 cm³/mol. The predicted octanol–water partition coefficient (Wildman–Crippen LogP) is 1.08. The maximum Gasteiger partial charge on any atom is 0.336 e. The van der Waals surface area contributed by atoms with Gasteiger partial charge in [-0.2, -0.15) is 0 Å². The van der Waals surface area contributed by atoms with Crippen LogP contribution < -0.4 is 0 Å². The quantitative estimate of drug-likeness (QED) is 0.681. The van der Waals surface area contributed by atoms with Crippen molar-refractivity contribution in [3.63, 3.8) is 0 Å². The molecule has 0 aliphatic heterocycles. The highest BCUT2D eigenvalue weighted by atomic mass is 16.4. The van der Waals surface area contributed by atoms with Crippen molar-refractivity contribution in [1.82, 2.24) is 0 Å². The highest BCUT2D eigenvalue weighted by Gasteiger charge is 2.13. The molecule has 3 N–H and O–H groups in total. The van der Waals surface area contributed by atoms with E-state index in [-0.39, 0.29) is 17.7 Å². The summed E-state index contributed by atoms with van der Waals surface area (Å²) in [5.74, 6) is -2.46. The largest absolute Gasteiger partial charge is 0.478 e. The molecule has 0 aliphatic carbocycles. The van der Waals surface area contributed by atoms with Gasteiger partial charge in [0.15, 0.2) is 0 Å². The fourth-order valence-corrected chi connectivity index (χ4v) is 0.856. The van der Waals surface area contributed by atoms with Crippen LogP contribution in [0.3, 0.4) is 0 Å². The number of rotatable bonds is 2. The van der Waals surface area contributed by atoms with Gasteiger partial charge < -0.3 is 15.3 Å². The van der Waals surface area contributed by atoms with Crippen molar-refractivity contribution in [3.8, 4) is 0 Å². The van der Waals surface area contributed by atoms with E-state index >= 15 is 0 Å². The molecular weight excluding hydrogens is 200 g/mol. The normalized spacial score (nSPS) is 8.67. The molecule has 0 bridgehead atoms. The minimum absolute atomic E-state index is 0.190. The van der Waals surface area contributed by atoms with E-state index in [9.17, 15) is 9.59 Å². The van der Waals surface area contributed by atoms with Gasteiger partial charge in [-0.25, -0.2) is 9.59 Å². The third-order valence-corrected chi connectivity index (χ3v) is 1.39. The second-order valence-electron chi connectivity index (χ2n) is 2.47. The van der Waals surface area contributed by atoms with Crippen molar-refractivity contribution in [2.75, 3.05) is 6.61 Å². The molecule has 0 unspecified atom stereocenters. The fraction of sp³-hybridized carbons (Fsp3) is 0.200. The zero-order valence-electron chi connectivity index (χ0n) is 8.17. The van der Waals surface area contributed by atoms with E-state index in [2.05, 4.69) is 0 Å². The molecule has 0 saturated heterocycles. The summed E-state index contributed by atoms with van der Waals surface area (Å²) in [6.07, 6.45) is 0. The summed E-state index contributed by atoms with van der Waals surface area (Å²) < 4.78 is 0. The number of hydrogen-bond donors (Lipinski definition) is 3. The Hall–Kier alpha value is -1.88. The van der Waals surface area contributed by atoms with Crippen molar-refractivity contribution < 1.29 is 24.9 Å². The van der Waals surface area contributed by atoms with Gasteiger partial charge in [0.2, 0.25) is 0 Å². The van der Waals surface area contributed by atoms with E-state index in [0.29, 0.717) is 0 Å². The van der Waals surface area contributed by atoms with E-state index in [1.807, 2.05) is 0 Å². The summed E-state index contributed by atoms with van der Waals surface area (Å²) in [5, 5.41) is 24.7. The van der Waals surface area contributed by atoms with E-state index in [0.717, 1.165) is 0 Å². The van der Waals surface area contributed by atoms with Gasteiger partial charge >= 0.3 is 11.9 Å². The lowest BCUT2D eigenvalue weighted by Gasteiger charge is -1.98. The summed E-state index contributed by atoms with van der Waals surface area (Å²) in [6.45, 7) is 1.93. The minimum Gasteiger partial charge on any atom is -0.478 e. The first-order chi connectivity index (χ1) is 7.04. The molecule has 82 valence electrons. The number of carboxylic acids is 2. The standard InChI is InChI=1S/C8H6O4.C2H6O/c9-7(10)5-3-1-2-4-6(5)8(11)12;1-2-3/h1-4H,(H,9,10)(H,11,12);3H,2H2,1H3. The van der Waals surface area contributed by atoms with Crippen LogP contribution in [0.5, 0.6) is 0 Å². The molecule has 0 amide bonds. The molecule has 0 aliphatic rings. The Labute approximate surface area is 86.6 Å². The molecular formula is C10H12O5. The molecule has 15 heavy (non-hydrogen) atoms. The first-order valence-electron chi connectivity index (χ1n) is 4.21. The highest BCUT2D eigenvalue weighted by molar-refractivity contribution is 6.01. The van der Waals surface area contributed by atoms with Crippen molar-refractivity contribution in [1.29, 1.82) is 0 Å². The second-order valence-corrected chi connectivity index (χ2v) is 2.47. The van der Waals surface area contributed by atoms with Crippen LogP contribution in [-0.4, -0.2) is 33.9 Å². The lowest BCUT2D eigenvalue weighted by Crippen LogP contribution is -2.06. The Morgan fingerprint density at radius 1 is 1.07 bits per heavy atom. The number of carbonyl (C=O) groups is 2. The van der Waals surface area contributed by atoms with Gasteiger partial charge in [0.1, 0.15) is 0 Å². The maximum absolute atomic E-state index is 10.5. The number of aliphatic hydroxyl groups excluding tert-OH is 1. The molecule has 1 rings (SSSR count). The molecule has 5 nitrogen and oxygen atoms in total. The molecule has 1 aromatic carbocycles. The Balaban J connectivity index is 0.000000583. The molecule has 1 aromatic rings. The van der Waals surface area contributed by atoms with Crippen LogP contribution in [0.25, 0.3) is 0 Å². The summed E-state index contributed by atoms with van der Waals surface area (Å²) in [6, 6.07) is 5.48. The molecule has 0 spiro atoms. The number of hydrogen-bond acceptors (Lipinski definition) is 3. The fourth-order valence-electron chi connectivity index (χ4n) is 0.856. The lowest BCUT2D eigenvalue weighted by atomic mass is 10.1. The van der Waals surface area contributed by atoms with Gasteiger partial charge in [-0.3, -0.25) is 0 Å². The highest BCUT2D eigenvalue weighted by Crippen LogP contribution is 2.07. The first kappa shape index (κ1) is 13.1. The Bertz CT molecular complexity index is 312. The van der Waals surface area contributed by atoms with Crippen molar-refractivity contribution in [3.05, 3.63) is 35.4 Å². The van der Waals surface area contributed by atoms with Gasteiger partial charge in [0, 0.05) is 6.61 Å². The van der Waals surface area contributed by atoms with Gasteiger partial charge in [0.25, 0.3) is 0 Å². The van der Waals surface area contributed by atoms with Gasteiger partial charge in [-0.05, 0) is 19.1 Å². The van der Waals surface area contributed by atoms with E-state index in [1.165, 1.54) is 24.3 Å². The molecule has 0 radical (unpaired) electrons. The number of carboxylic acid groups (broad SMARTS) is 2. The van der Waals surface area contributed by atoms with Crippen LogP contribution in [0.2, 0.25) is 0 Å². The molecule has 5 heteroatoms. The zero-order valence-corrected chi connectivity index (χ0v) is 8.17. The van der Waals surface area contributed by atoms with Crippen molar-refractivity contribution >= 4 is 11.9 Å². The van der Waals surface area contributed by atoms with E-state index < -0.39 is 11.9 Å². The number of aliphatic hydroxyl groups is 1. The summed E-state index contributed by atoms with van der Waals surface area (Å²) in [7, 11) is 0. The van der Waals surface area contributed by atoms with Crippen LogP contribution >= 0.6 is 0 Å².